The molecular weight excluding hydrogens is 318 g/mol. The Morgan fingerprint density at radius 3 is 2.26 bits per heavy atom. The summed E-state index contributed by atoms with van der Waals surface area (Å²) in [5.41, 5.74) is 0.363. The average Bonchev–Trinajstić information content (AvgIpc) is 2.84. The lowest BCUT2D eigenvalue weighted by Crippen LogP contribution is -2.37. The lowest BCUT2D eigenvalue weighted by molar-refractivity contribution is 0.293. The second kappa shape index (κ2) is 7.79. The number of aryl methyl sites for hydroxylation is 3. The Balaban J connectivity index is 0.00000264. The van der Waals surface area contributed by atoms with Crippen molar-refractivity contribution in [2.75, 3.05) is 19.6 Å². The first-order valence-corrected chi connectivity index (χ1v) is 7.77. The van der Waals surface area contributed by atoms with Gasteiger partial charge < -0.3 is 9.47 Å². The molecule has 0 saturated carbocycles. The molecule has 0 atom stereocenters. The second-order valence-electron chi connectivity index (χ2n) is 5.57. The first-order valence-electron chi connectivity index (χ1n) is 7.77. The van der Waals surface area contributed by atoms with Gasteiger partial charge in [0.2, 0.25) is 0 Å². The van der Waals surface area contributed by atoms with Gasteiger partial charge in [-0.3, -0.25) is 13.9 Å². The van der Waals surface area contributed by atoms with E-state index in [1.165, 1.54) is 11.6 Å². The van der Waals surface area contributed by atoms with Crippen LogP contribution < -0.4 is 11.2 Å². The van der Waals surface area contributed by atoms with Crippen molar-refractivity contribution in [1.29, 1.82) is 0 Å². The molecule has 23 heavy (non-hydrogen) atoms. The smallest absolute Gasteiger partial charge is 0.322 e. The number of hydrogen-bond acceptors (Lipinski definition) is 4. The maximum atomic E-state index is 12.4. The van der Waals surface area contributed by atoms with Gasteiger partial charge in [-0.2, -0.15) is 0 Å². The molecule has 0 saturated heterocycles. The minimum Gasteiger partial charge on any atom is -0.322 e. The summed E-state index contributed by atoms with van der Waals surface area (Å²) in [5, 5.41) is 0. The maximum absolute atomic E-state index is 12.4. The van der Waals surface area contributed by atoms with E-state index in [-0.39, 0.29) is 23.7 Å². The second-order valence-corrected chi connectivity index (χ2v) is 5.57. The molecule has 0 amide bonds. The number of imidazole rings is 1. The van der Waals surface area contributed by atoms with Crippen LogP contribution in [0.5, 0.6) is 0 Å². The first kappa shape index (κ1) is 19.4. The quantitative estimate of drug-likeness (QED) is 0.781. The summed E-state index contributed by atoms with van der Waals surface area (Å²) in [6, 6.07) is 0. The van der Waals surface area contributed by atoms with Crippen molar-refractivity contribution in [1.82, 2.24) is 23.6 Å². The predicted molar refractivity (Wildman–Crippen MR) is 94.6 cm³/mol. The van der Waals surface area contributed by atoms with Crippen molar-refractivity contribution >= 4 is 23.6 Å². The van der Waals surface area contributed by atoms with Crippen molar-refractivity contribution in [3.05, 3.63) is 26.7 Å². The van der Waals surface area contributed by atoms with Gasteiger partial charge in [-0.05, 0) is 33.0 Å². The van der Waals surface area contributed by atoms with E-state index in [4.69, 9.17) is 0 Å². The number of hydrogen-bond donors (Lipinski definition) is 0. The van der Waals surface area contributed by atoms with Gasteiger partial charge in [0.05, 0.1) is 0 Å². The summed E-state index contributed by atoms with van der Waals surface area (Å²) in [6.07, 6.45) is 0.944. The van der Waals surface area contributed by atoms with E-state index < -0.39 is 0 Å². The Labute approximate surface area is 141 Å². The van der Waals surface area contributed by atoms with Gasteiger partial charge in [-0.1, -0.05) is 13.8 Å². The average molecular weight is 344 g/mol. The zero-order valence-electron chi connectivity index (χ0n) is 14.5. The molecule has 0 spiro atoms. The maximum Gasteiger partial charge on any atom is 0.332 e. The summed E-state index contributed by atoms with van der Waals surface area (Å²) < 4.78 is 4.51. The lowest BCUT2D eigenvalue weighted by atomic mass is 10.3. The molecule has 2 aromatic rings. The Kier molecular flexibility index (Phi) is 6.58. The molecule has 0 aliphatic rings. The number of rotatable bonds is 6. The van der Waals surface area contributed by atoms with Gasteiger partial charge in [0.15, 0.2) is 11.2 Å². The van der Waals surface area contributed by atoms with Gasteiger partial charge in [0.1, 0.15) is 5.82 Å². The molecular formula is C15H26ClN5O2. The minimum absolute atomic E-state index is 0. The highest BCUT2D eigenvalue weighted by molar-refractivity contribution is 5.85. The molecule has 7 nitrogen and oxygen atoms in total. The monoisotopic (exact) mass is 343 g/mol. The van der Waals surface area contributed by atoms with Crippen LogP contribution in [0, 0.1) is 6.92 Å². The molecule has 0 bridgehead atoms. The van der Waals surface area contributed by atoms with Crippen LogP contribution in [0.3, 0.4) is 0 Å². The Morgan fingerprint density at radius 1 is 1.09 bits per heavy atom. The molecule has 2 aromatic heterocycles. The van der Waals surface area contributed by atoms with E-state index in [0.29, 0.717) is 11.2 Å². The number of halogens is 1. The molecule has 0 radical (unpaired) electrons. The van der Waals surface area contributed by atoms with Crippen LogP contribution in [0.15, 0.2) is 9.59 Å². The number of nitrogens with zero attached hydrogens (tertiary/aromatic N) is 5. The van der Waals surface area contributed by atoms with E-state index in [2.05, 4.69) is 23.7 Å². The van der Waals surface area contributed by atoms with Crippen LogP contribution in [-0.4, -0.2) is 43.2 Å². The molecule has 2 heterocycles. The van der Waals surface area contributed by atoms with E-state index in [9.17, 15) is 9.59 Å². The molecule has 130 valence electrons. The minimum atomic E-state index is -0.342. The van der Waals surface area contributed by atoms with Crippen LogP contribution in [0.1, 0.15) is 26.1 Å². The zero-order chi connectivity index (χ0) is 16.4. The molecule has 8 heteroatoms. The van der Waals surface area contributed by atoms with Crippen LogP contribution in [0.25, 0.3) is 11.2 Å². The predicted octanol–water partition coefficient (Wildman–Crippen LogP) is 0.896. The fourth-order valence-electron chi connectivity index (χ4n) is 2.82. The van der Waals surface area contributed by atoms with Crippen molar-refractivity contribution in [3.63, 3.8) is 0 Å². The largest absolute Gasteiger partial charge is 0.332 e. The molecule has 0 unspecified atom stereocenters. The standard InChI is InChI=1S/C15H25N5O2.ClH/c1-6-19(7-2)9-8-10-20-11(3)16-13-12(20)14(21)18(5)15(22)17(13)4;/h6-10H2,1-5H3;1H. The Hall–Kier alpha value is -1.60. The van der Waals surface area contributed by atoms with Gasteiger partial charge >= 0.3 is 5.69 Å². The fourth-order valence-corrected chi connectivity index (χ4v) is 2.82. The van der Waals surface area contributed by atoms with Gasteiger partial charge in [-0.25, -0.2) is 9.78 Å². The van der Waals surface area contributed by atoms with Gasteiger partial charge in [0, 0.05) is 20.6 Å². The first-order chi connectivity index (χ1) is 10.4. The summed E-state index contributed by atoms with van der Waals surface area (Å²) in [7, 11) is 3.16. The molecule has 2 rings (SSSR count). The Bertz CT molecular complexity index is 786. The Morgan fingerprint density at radius 2 is 1.70 bits per heavy atom. The third-order valence-electron chi connectivity index (χ3n) is 4.29. The van der Waals surface area contributed by atoms with Crippen LogP contribution in [0.4, 0.5) is 0 Å². The van der Waals surface area contributed by atoms with Crippen LogP contribution >= 0.6 is 12.4 Å². The van der Waals surface area contributed by atoms with Crippen molar-refractivity contribution in [2.24, 2.45) is 14.1 Å². The summed E-state index contributed by atoms with van der Waals surface area (Å²) in [6.45, 7) is 9.93. The summed E-state index contributed by atoms with van der Waals surface area (Å²) in [4.78, 5) is 31.2. The molecule has 0 fully saturated rings. The van der Waals surface area contributed by atoms with Crippen LogP contribution in [-0.2, 0) is 20.6 Å². The normalized spacial score (nSPS) is 11.2. The molecule has 0 aliphatic carbocycles. The SMILES string of the molecule is CCN(CC)CCCn1c(C)nc2c1c(=O)n(C)c(=O)n2C.Cl. The van der Waals surface area contributed by atoms with Crippen molar-refractivity contribution in [3.8, 4) is 0 Å². The highest BCUT2D eigenvalue weighted by atomic mass is 35.5. The molecule has 0 aromatic carbocycles. The topological polar surface area (TPSA) is 65.1 Å². The fraction of sp³-hybridized carbons (Fsp3) is 0.667. The van der Waals surface area contributed by atoms with Gasteiger partial charge in [0.25, 0.3) is 5.56 Å². The zero-order valence-corrected chi connectivity index (χ0v) is 15.3. The van der Waals surface area contributed by atoms with E-state index in [1.807, 2.05) is 11.5 Å². The van der Waals surface area contributed by atoms with Crippen molar-refractivity contribution < 1.29 is 0 Å². The van der Waals surface area contributed by atoms with Crippen molar-refractivity contribution in [2.45, 2.75) is 33.7 Å². The highest BCUT2D eigenvalue weighted by Crippen LogP contribution is 2.11. The summed E-state index contributed by atoms with van der Waals surface area (Å²) in [5.74, 6) is 0.771. The van der Waals surface area contributed by atoms with E-state index in [1.54, 1.807) is 7.05 Å². The lowest BCUT2D eigenvalue weighted by Gasteiger charge is -2.18. The number of aromatic nitrogens is 4. The molecule has 0 aliphatic heterocycles. The highest BCUT2D eigenvalue weighted by Gasteiger charge is 2.16. The number of fused-ring (bicyclic) bond motifs is 1. The van der Waals surface area contributed by atoms with E-state index in [0.717, 1.165) is 43.0 Å². The third kappa shape index (κ3) is 3.50. The molecule has 0 N–H and O–H groups in total. The van der Waals surface area contributed by atoms with E-state index >= 15 is 0 Å². The van der Waals surface area contributed by atoms with Crippen LogP contribution in [0.2, 0.25) is 0 Å². The third-order valence-corrected chi connectivity index (χ3v) is 4.29. The van der Waals surface area contributed by atoms with Gasteiger partial charge in [-0.15, -0.1) is 12.4 Å². The summed E-state index contributed by atoms with van der Waals surface area (Å²) >= 11 is 0.